The van der Waals surface area contributed by atoms with Gasteiger partial charge in [0, 0.05) is 11.3 Å². The van der Waals surface area contributed by atoms with Crippen LogP contribution in [-0.4, -0.2) is 39.7 Å². The lowest BCUT2D eigenvalue weighted by Gasteiger charge is -2.16. The van der Waals surface area contributed by atoms with Crippen LogP contribution in [0.3, 0.4) is 0 Å². The van der Waals surface area contributed by atoms with E-state index in [0.29, 0.717) is 6.42 Å². The molecular formula is C16H24N2O5S. The van der Waals surface area contributed by atoms with Gasteiger partial charge in [-0.05, 0) is 24.6 Å². The Morgan fingerprint density at radius 3 is 2.54 bits per heavy atom. The molecule has 0 unspecified atom stereocenters. The lowest BCUT2D eigenvalue weighted by Crippen LogP contribution is -2.41. The smallest absolute Gasteiger partial charge is 0.328 e. The Bertz CT molecular complexity index is 673. The van der Waals surface area contributed by atoms with Crippen LogP contribution in [0, 0.1) is 0 Å². The SMILES string of the molecule is CCCCC[C@@H](NC(=O)c1cccc(NS(C)(=O)=O)c1)C(=O)OC. The minimum absolute atomic E-state index is 0.257. The minimum Gasteiger partial charge on any atom is -0.467 e. The molecule has 1 amide bonds. The van der Waals surface area contributed by atoms with E-state index in [0.717, 1.165) is 25.5 Å². The highest BCUT2D eigenvalue weighted by atomic mass is 32.2. The maximum Gasteiger partial charge on any atom is 0.328 e. The highest BCUT2D eigenvalue weighted by molar-refractivity contribution is 7.92. The standard InChI is InChI=1S/C16H24N2O5S/c1-4-5-6-10-14(16(20)23-2)17-15(19)12-8-7-9-13(11-12)18-24(3,21)22/h7-9,11,14,18H,4-6,10H2,1-3H3,(H,17,19)/t14-/m1/s1. The summed E-state index contributed by atoms with van der Waals surface area (Å²) in [5.41, 5.74) is 0.541. The fourth-order valence-electron chi connectivity index (χ4n) is 2.17. The first-order valence-electron chi connectivity index (χ1n) is 7.73. The van der Waals surface area contributed by atoms with Crippen LogP contribution in [0.15, 0.2) is 24.3 Å². The maximum atomic E-state index is 12.3. The summed E-state index contributed by atoms with van der Waals surface area (Å²) in [6, 6.07) is 5.34. The molecule has 0 bridgehead atoms. The zero-order valence-electron chi connectivity index (χ0n) is 14.2. The largest absolute Gasteiger partial charge is 0.467 e. The van der Waals surface area contributed by atoms with Gasteiger partial charge in [-0.3, -0.25) is 9.52 Å². The van der Waals surface area contributed by atoms with E-state index < -0.39 is 27.9 Å². The zero-order valence-corrected chi connectivity index (χ0v) is 15.0. The molecule has 0 heterocycles. The number of hydrogen-bond donors (Lipinski definition) is 2. The average Bonchev–Trinajstić information content (AvgIpc) is 2.51. The van der Waals surface area contributed by atoms with Gasteiger partial charge in [-0.2, -0.15) is 0 Å². The number of carbonyl (C=O) groups excluding carboxylic acids is 2. The first kappa shape index (κ1) is 20.0. The number of sulfonamides is 1. The van der Waals surface area contributed by atoms with Gasteiger partial charge < -0.3 is 10.1 Å². The number of amides is 1. The van der Waals surface area contributed by atoms with Crippen molar-refractivity contribution in [3.05, 3.63) is 29.8 Å². The summed E-state index contributed by atoms with van der Waals surface area (Å²) in [5, 5.41) is 2.64. The zero-order chi connectivity index (χ0) is 18.2. The first-order chi connectivity index (χ1) is 11.3. The third-order valence-corrected chi connectivity index (χ3v) is 3.92. The van der Waals surface area contributed by atoms with Gasteiger partial charge in [-0.15, -0.1) is 0 Å². The molecule has 1 aromatic rings. The van der Waals surface area contributed by atoms with Crippen LogP contribution in [0.5, 0.6) is 0 Å². The lowest BCUT2D eigenvalue weighted by atomic mass is 10.1. The Labute approximate surface area is 142 Å². The first-order valence-corrected chi connectivity index (χ1v) is 9.62. The van der Waals surface area contributed by atoms with Gasteiger partial charge in [0.15, 0.2) is 0 Å². The minimum atomic E-state index is -3.43. The molecule has 24 heavy (non-hydrogen) atoms. The van der Waals surface area contributed by atoms with E-state index in [-0.39, 0.29) is 11.3 Å². The van der Waals surface area contributed by atoms with Gasteiger partial charge in [-0.1, -0.05) is 32.3 Å². The molecule has 0 fully saturated rings. The Morgan fingerprint density at radius 2 is 1.96 bits per heavy atom. The number of benzene rings is 1. The molecule has 0 saturated carbocycles. The molecule has 0 aliphatic carbocycles. The quantitative estimate of drug-likeness (QED) is 0.520. The second-order valence-electron chi connectivity index (χ2n) is 5.50. The van der Waals surface area contributed by atoms with E-state index in [4.69, 9.17) is 4.74 Å². The fraction of sp³-hybridized carbons (Fsp3) is 0.500. The molecule has 1 atom stereocenters. The van der Waals surface area contributed by atoms with Crippen molar-refractivity contribution in [2.75, 3.05) is 18.1 Å². The maximum absolute atomic E-state index is 12.3. The summed E-state index contributed by atoms with van der Waals surface area (Å²) in [7, 11) is -2.16. The van der Waals surface area contributed by atoms with Crippen molar-refractivity contribution in [1.82, 2.24) is 5.32 Å². The van der Waals surface area contributed by atoms with E-state index in [1.807, 2.05) is 6.92 Å². The van der Waals surface area contributed by atoms with E-state index >= 15 is 0 Å². The average molecular weight is 356 g/mol. The van der Waals surface area contributed by atoms with Gasteiger partial charge in [0.2, 0.25) is 10.0 Å². The van der Waals surface area contributed by atoms with Gasteiger partial charge in [0.1, 0.15) is 6.04 Å². The highest BCUT2D eigenvalue weighted by Gasteiger charge is 2.21. The molecular weight excluding hydrogens is 332 g/mol. The molecule has 0 aliphatic heterocycles. The van der Waals surface area contributed by atoms with Crippen molar-refractivity contribution in [3.8, 4) is 0 Å². The van der Waals surface area contributed by atoms with Crippen molar-refractivity contribution in [2.24, 2.45) is 0 Å². The summed E-state index contributed by atoms with van der Waals surface area (Å²) in [5.74, 6) is -0.955. The molecule has 134 valence electrons. The van der Waals surface area contributed by atoms with Crippen LogP contribution in [0.2, 0.25) is 0 Å². The summed E-state index contributed by atoms with van der Waals surface area (Å²) in [6.07, 6.45) is 4.28. The molecule has 1 rings (SSSR count). The van der Waals surface area contributed by atoms with E-state index in [9.17, 15) is 18.0 Å². The molecule has 1 aromatic carbocycles. The van der Waals surface area contributed by atoms with Crippen molar-refractivity contribution in [2.45, 2.75) is 38.6 Å². The monoisotopic (exact) mass is 356 g/mol. The van der Waals surface area contributed by atoms with Gasteiger partial charge in [-0.25, -0.2) is 13.2 Å². The third-order valence-electron chi connectivity index (χ3n) is 3.32. The Morgan fingerprint density at radius 1 is 1.25 bits per heavy atom. The Hall–Kier alpha value is -2.09. The van der Waals surface area contributed by atoms with E-state index in [2.05, 4.69) is 10.0 Å². The molecule has 0 radical (unpaired) electrons. The predicted molar refractivity (Wildman–Crippen MR) is 92.3 cm³/mol. The second-order valence-corrected chi connectivity index (χ2v) is 7.25. The molecule has 0 aliphatic rings. The van der Waals surface area contributed by atoms with Gasteiger partial charge in [0.05, 0.1) is 13.4 Å². The molecule has 0 spiro atoms. The topological polar surface area (TPSA) is 102 Å². The number of carbonyl (C=O) groups is 2. The van der Waals surface area contributed by atoms with Gasteiger partial charge in [0.25, 0.3) is 5.91 Å². The highest BCUT2D eigenvalue weighted by Crippen LogP contribution is 2.13. The summed E-state index contributed by atoms with van der Waals surface area (Å²) < 4.78 is 29.6. The van der Waals surface area contributed by atoms with Crippen molar-refractivity contribution < 1.29 is 22.7 Å². The van der Waals surface area contributed by atoms with Crippen LogP contribution < -0.4 is 10.0 Å². The summed E-state index contributed by atoms with van der Waals surface area (Å²) >= 11 is 0. The number of unbranched alkanes of at least 4 members (excludes halogenated alkanes) is 2. The number of rotatable bonds is 9. The van der Waals surface area contributed by atoms with Crippen LogP contribution in [0.4, 0.5) is 5.69 Å². The van der Waals surface area contributed by atoms with Crippen molar-refractivity contribution >= 4 is 27.6 Å². The van der Waals surface area contributed by atoms with Crippen LogP contribution >= 0.6 is 0 Å². The predicted octanol–water partition coefficient (Wildman–Crippen LogP) is 1.91. The van der Waals surface area contributed by atoms with Crippen molar-refractivity contribution in [1.29, 1.82) is 0 Å². The molecule has 0 saturated heterocycles. The van der Waals surface area contributed by atoms with Crippen LogP contribution in [0.1, 0.15) is 43.0 Å². The van der Waals surface area contributed by atoms with Gasteiger partial charge >= 0.3 is 5.97 Å². The molecule has 7 nitrogen and oxygen atoms in total. The molecule has 2 N–H and O–H groups in total. The van der Waals surface area contributed by atoms with E-state index in [1.165, 1.54) is 19.2 Å². The number of hydrogen-bond acceptors (Lipinski definition) is 5. The van der Waals surface area contributed by atoms with Crippen LogP contribution in [0.25, 0.3) is 0 Å². The molecule has 0 aromatic heterocycles. The van der Waals surface area contributed by atoms with Crippen LogP contribution in [-0.2, 0) is 19.6 Å². The second kappa shape index (κ2) is 9.27. The Balaban J connectivity index is 2.83. The lowest BCUT2D eigenvalue weighted by molar-refractivity contribution is -0.143. The third kappa shape index (κ3) is 6.99. The number of esters is 1. The molecule has 8 heteroatoms. The Kier molecular flexibility index (Phi) is 7.70. The number of methoxy groups -OCH3 is 1. The fourth-order valence-corrected chi connectivity index (χ4v) is 2.72. The van der Waals surface area contributed by atoms with E-state index in [1.54, 1.807) is 12.1 Å². The normalized spacial score (nSPS) is 12.3. The number of anilines is 1. The summed E-state index contributed by atoms with van der Waals surface area (Å²) in [4.78, 5) is 24.1. The number of ether oxygens (including phenoxy) is 1. The summed E-state index contributed by atoms with van der Waals surface area (Å²) in [6.45, 7) is 2.05. The number of nitrogens with one attached hydrogen (secondary N) is 2. The van der Waals surface area contributed by atoms with Crippen molar-refractivity contribution in [3.63, 3.8) is 0 Å².